The van der Waals surface area contributed by atoms with Crippen molar-refractivity contribution in [2.45, 2.75) is 52.1 Å². The molecule has 0 saturated carbocycles. The summed E-state index contributed by atoms with van der Waals surface area (Å²) in [6.45, 7) is 7.15. The summed E-state index contributed by atoms with van der Waals surface area (Å²) in [5.41, 5.74) is 11.2. The Hall–Kier alpha value is -1.42. The number of hydrogen-bond acceptors (Lipinski definition) is 4. The zero-order valence-corrected chi connectivity index (χ0v) is 12.1. The summed E-state index contributed by atoms with van der Waals surface area (Å²) in [7, 11) is 0. The highest BCUT2D eigenvalue weighted by atomic mass is 16.5. The summed E-state index contributed by atoms with van der Waals surface area (Å²) < 4.78 is 5.53. The fraction of sp³-hybridized carbons (Fsp3) is 0.600. The molecule has 0 radical (unpaired) electrons. The molecular formula is C15H25N3O. The summed E-state index contributed by atoms with van der Waals surface area (Å²) in [6.07, 6.45) is 3.78. The summed E-state index contributed by atoms with van der Waals surface area (Å²) in [4.78, 5) is 0. The molecule has 1 aromatic rings. The largest absolute Gasteiger partial charge is 0.494 e. The molecule has 0 aromatic heterocycles. The maximum absolute atomic E-state index is 5.93. The summed E-state index contributed by atoms with van der Waals surface area (Å²) >= 11 is 0. The van der Waals surface area contributed by atoms with E-state index in [1.165, 1.54) is 19.3 Å². The molecular weight excluding hydrogens is 238 g/mol. The first-order chi connectivity index (χ1) is 9.10. The van der Waals surface area contributed by atoms with E-state index in [0.717, 1.165) is 17.1 Å². The van der Waals surface area contributed by atoms with Gasteiger partial charge in [0.2, 0.25) is 0 Å². The van der Waals surface area contributed by atoms with E-state index in [2.05, 4.69) is 24.3 Å². The van der Waals surface area contributed by atoms with Gasteiger partial charge in [0.1, 0.15) is 5.75 Å². The Balaban J connectivity index is 2.13. The molecule has 19 heavy (non-hydrogen) atoms. The van der Waals surface area contributed by atoms with Crippen LogP contribution in [0.25, 0.3) is 0 Å². The van der Waals surface area contributed by atoms with Crippen LogP contribution in [0.3, 0.4) is 0 Å². The third kappa shape index (κ3) is 3.53. The van der Waals surface area contributed by atoms with E-state index in [0.29, 0.717) is 18.7 Å². The van der Waals surface area contributed by atoms with Crippen molar-refractivity contribution in [1.82, 2.24) is 5.01 Å². The molecule has 3 N–H and O–H groups in total. The average molecular weight is 263 g/mol. The van der Waals surface area contributed by atoms with Gasteiger partial charge in [-0.1, -0.05) is 6.42 Å². The highest BCUT2D eigenvalue weighted by Crippen LogP contribution is 2.27. The van der Waals surface area contributed by atoms with Crippen molar-refractivity contribution in [3.05, 3.63) is 18.2 Å². The lowest BCUT2D eigenvalue weighted by molar-refractivity contribution is 0.135. The van der Waals surface area contributed by atoms with Crippen LogP contribution in [0.1, 0.15) is 40.0 Å². The quantitative estimate of drug-likeness (QED) is 0.819. The number of nitrogens with one attached hydrogen (secondary N) is 1. The second kappa shape index (κ2) is 6.15. The Morgan fingerprint density at radius 3 is 2.58 bits per heavy atom. The van der Waals surface area contributed by atoms with Gasteiger partial charge in [-0.3, -0.25) is 0 Å². The van der Waals surface area contributed by atoms with Crippen LogP contribution in [0.4, 0.5) is 11.4 Å². The average Bonchev–Trinajstić information content (AvgIpc) is 2.34. The van der Waals surface area contributed by atoms with Crippen LogP contribution in [-0.2, 0) is 0 Å². The van der Waals surface area contributed by atoms with E-state index in [9.17, 15) is 0 Å². The number of rotatable bonds is 4. The van der Waals surface area contributed by atoms with Crippen molar-refractivity contribution < 1.29 is 4.74 Å². The fourth-order valence-electron chi connectivity index (χ4n) is 2.73. The molecule has 0 bridgehead atoms. The molecule has 0 spiro atoms. The molecule has 1 aliphatic heterocycles. The molecule has 4 heteroatoms. The number of nitrogens with zero attached hydrogens (tertiary/aromatic N) is 1. The second-order valence-corrected chi connectivity index (χ2v) is 5.37. The SMILES string of the molecule is CCOc1cc(N)cc(NN2C(C)CCCC2C)c1. The molecule has 2 atom stereocenters. The topological polar surface area (TPSA) is 50.5 Å². The van der Waals surface area contributed by atoms with Crippen LogP contribution in [0.2, 0.25) is 0 Å². The number of hydrazine groups is 1. The summed E-state index contributed by atoms with van der Waals surface area (Å²) in [5, 5.41) is 2.33. The summed E-state index contributed by atoms with van der Waals surface area (Å²) in [5.74, 6) is 0.822. The van der Waals surface area contributed by atoms with Crippen molar-refractivity contribution in [3.8, 4) is 5.75 Å². The van der Waals surface area contributed by atoms with E-state index in [1.807, 2.05) is 25.1 Å². The molecule has 1 heterocycles. The minimum atomic E-state index is 0.542. The number of nitrogen functional groups attached to an aromatic ring is 1. The van der Waals surface area contributed by atoms with Crippen LogP contribution >= 0.6 is 0 Å². The lowest BCUT2D eigenvalue weighted by Crippen LogP contribution is -2.47. The Morgan fingerprint density at radius 1 is 1.26 bits per heavy atom. The van der Waals surface area contributed by atoms with Crippen molar-refractivity contribution >= 4 is 11.4 Å². The second-order valence-electron chi connectivity index (χ2n) is 5.37. The molecule has 2 rings (SSSR count). The molecule has 0 aliphatic carbocycles. The third-order valence-electron chi connectivity index (χ3n) is 3.69. The molecule has 0 amide bonds. The van der Waals surface area contributed by atoms with Crippen LogP contribution < -0.4 is 15.9 Å². The maximum Gasteiger partial charge on any atom is 0.123 e. The number of nitrogens with two attached hydrogens (primary N) is 1. The van der Waals surface area contributed by atoms with E-state index < -0.39 is 0 Å². The standard InChI is InChI=1S/C15H25N3O/c1-4-19-15-9-13(16)8-14(10-15)17-18-11(2)6-5-7-12(18)3/h8-12,17H,4-7,16H2,1-3H3. The van der Waals surface area contributed by atoms with Crippen LogP contribution in [0.15, 0.2) is 18.2 Å². The van der Waals surface area contributed by atoms with Crippen molar-refractivity contribution in [3.63, 3.8) is 0 Å². The normalized spacial score (nSPS) is 24.2. The number of hydrogen-bond donors (Lipinski definition) is 2. The molecule has 1 aliphatic rings. The lowest BCUT2D eigenvalue weighted by atomic mass is 10.00. The van der Waals surface area contributed by atoms with Crippen molar-refractivity contribution in [1.29, 1.82) is 0 Å². The monoisotopic (exact) mass is 263 g/mol. The first-order valence-electron chi connectivity index (χ1n) is 7.18. The summed E-state index contributed by atoms with van der Waals surface area (Å²) in [6, 6.07) is 6.91. The number of piperidine rings is 1. The van der Waals surface area contributed by atoms with E-state index in [-0.39, 0.29) is 0 Å². The van der Waals surface area contributed by atoms with Gasteiger partial charge < -0.3 is 15.9 Å². The molecule has 1 aromatic carbocycles. The Labute approximate surface area is 115 Å². The number of benzene rings is 1. The van der Waals surface area contributed by atoms with E-state index in [4.69, 9.17) is 10.5 Å². The Morgan fingerprint density at radius 2 is 1.95 bits per heavy atom. The fourth-order valence-corrected chi connectivity index (χ4v) is 2.73. The van der Waals surface area contributed by atoms with Gasteiger partial charge in [-0.15, -0.1) is 0 Å². The highest BCUT2D eigenvalue weighted by Gasteiger charge is 2.24. The predicted molar refractivity (Wildman–Crippen MR) is 80.3 cm³/mol. The van der Waals surface area contributed by atoms with Crippen molar-refractivity contribution in [2.24, 2.45) is 0 Å². The van der Waals surface area contributed by atoms with Gasteiger partial charge in [0.25, 0.3) is 0 Å². The molecule has 2 unspecified atom stereocenters. The van der Waals surface area contributed by atoms with Gasteiger partial charge in [-0.25, -0.2) is 5.01 Å². The minimum absolute atomic E-state index is 0.542. The van der Waals surface area contributed by atoms with Gasteiger partial charge in [0.15, 0.2) is 0 Å². The Kier molecular flexibility index (Phi) is 4.53. The maximum atomic E-state index is 5.93. The van der Waals surface area contributed by atoms with Gasteiger partial charge >= 0.3 is 0 Å². The number of ether oxygens (including phenoxy) is 1. The lowest BCUT2D eigenvalue weighted by Gasteiger charge is -2.39. The minimum Gasteiger partial charge on any atom is -0.494 e. The van der Waals surface area contributed by atoms with Gasteiger partial charge in [-0.2, -0.15) is 0 Å². The van der Waals surface area contributed by atoms with Crippen LogP contribution in [0, 0.1) is 0 Å². The smallest absolute Gasteiger partial charge is 0.123 e. The van der Waals surface area contributed by atoms with E-state index >= 15 is 0 Å². The third-order valence-corrected chi connectivity index (χ3v) is 3.69. The first kappa shape index (κ1) is 14.0. The first-order valence-corrected chi connectivity index (χ1v) is 7.18. The van der Waals surface area contributed by atoms with Crippen molar-refractivity contribution in [2.75, 3.05) is 17.8 Å². The predicted octanol–water partition coefficient (Wildman–Crippen LogP) is 3.26. The molecule has 4 nitrogen and oxygen atoms in total. The van der Waals surface area contributed by atoms with Crippen LogP contribution in [0.5, 0.6) is 5.75 Å². The zero-order chi connectivity index (χ0) is 13.8. The van der Waals surface area contributed by atoms with Gasteiger partial charge in [0, 0.05) is 29.9 Å². The van der Waals surface area contributed by atoms with Crippen LogP contribution in [-0.4, -0.2) is 23.7 Å². The molecule has 1 saturated heterocycles. The molecule has 106 valence electrons. The Bertz CT molecular complexity index is 412. The zero-order valence-electron chi connectivity index (χ0n) is 12.1. The van der Waals surface area contributed by atoms with Gasteiger partial charge in [-0.05, 0) is 39.7 Å². The van der Waals surface area contributed by atoms with Gasteiger partial charge in [0.05, 0.1) is 12.3 Å². The highest BCUT2D eigenvalue weighted by molar-refractivity contribution is 5.58. The van der Waals surface area contributed by atoms with E-state index in [1.54, 1.807) is 0 Å². The molecule has 1 fully saturated rings. The number of anilines is 2.